The number of amides is 1. The molecule has 0 atom stereocenters. The molecule has 1 fully saturated rings. The lowest BCUT2D eigenvalue weighted by Gasteiger charge is -2.33. The van der Waals surface area contributed by atoms with Crippen molar-refractivity contribution in [3.8, 4) is 5.75 Å². The number of para-hydroxylation sites is 1. The summed E-state index contributed by atoms with van der Waals surface area (Å²) in [6.45, 7) is 3.31. The van der Waals surface area contributed by atoms with Crippen LogP contribution < -0.4 is 4.74 Å². The first-order valence-corrected chi connectivity index (χ1v) is 10.7. The van der Waals surface area contributed by atoms with Crippen molar-refractivity contribution in [3.63, 3.8) is 0 Å². The second-order valence-corrected chi connectivity index (χ2v) is 7.77. The number of carbonyl (C=O) groups excluding carboxylic acids is 2. The maximum absolute atomic E-state index is 13.4. The van der Waals surface area contributed by atoms with Gasteiger partial charge in [0, 0.05) is 13.1 Å². The molecule has 0 N–H and O–H groups in total. The molecule has 1 saturated heterocycles. The van der Waals surface area contributed by atoms with E-state index in [2.05, 4.69) is 6.07 Å². The van der Waals surface area contributed by atoms with E-state index in [0.29, 0.717) is 30.1 Å². The Labute approximate surface area is 182 Å². The Morgan fingerprint density at radius 3 is 2.19 bits per heavy atom. The van der Waals surface area contributed by atoms with Crippen LogP contribution in [0.3, 0.4) is 0 Å². The van der Waals surface area contributed by atoms with E-state index in [1.807, 2.05) is 53.4 Å². The molecule has 0 aliphatic carbocycles. The van der Waals surface area contributed by atoms with Crippen molar-refractivity contribution in [3.05, 3.63) is 77.4 Å². The maximum atomic E-state index is 13.4. The highest BCUT2D eigenvalue weighted by atomic mass is 16.5. The van der Waals surface area contributed by atoms with E-state index in [1.54, 1.807) is 20.1 Å². The summed E-state index contributed by atoms with van der Waals surface area (Å²) in [5.41, 5.74) is 1.93. The molecule has 1 aliphatic heterocycles. The molecule has 1 amide bonds. The summed E-state index contributed by atoms with van der Waals surface area (Å²) in [6.07, 6.45) is 1.71. The molecule has 5 nitrogen and oxygen atoms in total. The van der Waals surface area contributed by atoms with Crippen molar-refractivity contribution in [2.75, 3.05) is 26.8 Å². The summed E-state index contributed by atoms with van der Waals surface area (Å²) < 4.78 is 10.7. The second-order valence-electron chi connectivity index (χ2n) is 7.77. The highest BCUT2D eigenvalue weighted by molar-refractivity contribution is 6.09. The van der Waals surface area contributed by atoms with Crippen molar-refractivity contribution in [2.45, 2.75) is 25.7 Å². The van der Waals surface area contributed by atoms with Crippen molar-refractivity contribution < 1.29 is 19.1 Å². The minimum Gasteiger partial charge on any atom is -0.496 e. The predicted molar refractivity (Wildman–Crippen MR) is 121 cm³/mol. The molecule has 4 rings (SSSR count). The molecular formula is C26H27NO4. The highest BCUT2D eigenvalue weighted by Crippen LogP contribution is 2.34. The molecule has 1 heterocycles. The van der Waals surface area contributed by atoms with E-state index in [-0.39, 0.29) is 12.5 Å². The summed E-state index contributed by atoms with van der Waals surface area (Å²) in [5.74, 6) is 0.667. The summed E-state index contributed by atoms with van der Waals surface area (Å²) in [4.78, 5) is 27.9. The number of rotatable bonds is 5. The van der Waals surface area contributed by atoms with E-state index < -0.39 is 5.97 Å². The van der Waals surface area contributed by atoms with Crippen LogP contribution in [-0.4, -0.2) is 43.6 Å². The quantitative estimate of drug-likeness (QED) is 0.546. The van der Waals surface area contributed by atoms with Gasteiger partial charge in [-0.15, -0.1) is 0 Å². The Kier molecular flexibility index (Phi) is 6.21. The van der Waals surface area contributed by atoms with Crippen LogP contribution in [-0.2, 0) is 4.74 Å². The molecule has 0 bridgehead atoms. The van der Waals surface area contributed by atoms with E-state index in [9.17, 15) is 9.59 Å². The molecule has 0 saturated carbocycles. The number of fused-ring (bicyclic) bond motifs is 1. The topological polar surface area (TPSA) is 55.8 Å². The van der Waals surface area contributed by atoms with Gasteiger partial charge in [0.2, 0.25) is 0 Å². The zero-order valence-corrected chi connectivity index (χ0v) is 18.0. The Balaban J connectivity index is 1.58. The normalized spacial score (nSPS) is 14.5. The number of hydrogen-bond donors (Lipinski definition) is 0. The van der Waals surface area contributed by atoms with Gasteiger partial charge in [-0.2, -0.15) is 0 Å². The van der Waals surface area contributed by atoms with Crippen molar-refractivity contribution in [2.24, 2.45) is 0 Å². The number of methoxy groups -OCH3 is 1. The molecule has 1 aliphatic rings. The minimum atomic E-state index is -0.458. The number of carbonyl (C=O) groups is 2. The number of hydrogen-bond acceptors (Lipinski definition) is 4. The fourth-order valence-corrected chi connectivity index (χ4v) is 4.36. The van der Waals surface area contributed by atoms with Gasteiger partial charge in [0.05, 0.1) is 24.8 Å². The maximum Gasteiger partial charge on any atom is 0.338 e. The van der Waals surface area contributed by atoms with E-state index in [0.717, 1.165) is 29.4 Å². The molecule has 0 radical (unpaired) electrons. The SMILES string of the molecule is CCOC(=O)c1cc2ccccc2cc1C(=O)N1CCC(c2ccccc2OC)CC1. The summed E-state index contributed by atoms with van der Waals surface area (Å²) in [7, 11) is 1.69. The molecule has 0 spiro atoms. The lowest BCUT2D eigenvalue weighted by molar-refractivity contribution is 0.0517. The molecule has 3 aromatic rings. The summed E-state index contributed by atoms with van der Waals surface area (Å²) >= 11 is 0. The zero-order chi connectivity index (χ0) is 21.8. The Hall–Kier alpha value is -3.34. The van der Waals surface area contributed by atoms with Crippen molar-refractivity contribution in [1.29, 1.82) is 0 Å². The summed E-state index contributed by atoms with van der Waals surface area (Å²) in [6, 6.07) is 19.4. The van der Waals surface area contributed by atoms with Gasteiger partial charge in [-0.3, -0.25) is 4.79 Å². The van der Waals surface area contributed by atoms with Crippen molar-refractivity contribution >= 4 is 22.6 Å². The molecule has 5 heteroatoms. The van der Waals surface area contributed by atoms with Gasteiger partial charge >= 0.3 is 5.97 Å². The first kappa shape index (κ1) is 20.9. The lowest BCUT2D eigenvalue weighted by Crippen LogP contribution is -2.38. The van der Waals surface area contributed by atoms with Crippen LogP contribution in [0.5, 0.6) is 5.75 Å². The lowest BCUT2D eigenvalue weighted by atomic mass is 9.88. The van der Waals surface area contributed by atoms with Crippen LogP contribution >= 0.6 is 0 Å². The van der Waals surface area contributed by atoms with Gasteiger partial charge in [0.25, 0.3) is 5.91 Å². The van der Waals surface area contributed by atoms with Gasteiger partial charge in [0.1, 0.15) is 5.75 Å². The fourth-order valence-electron chi connectivity index (χ4n) is 4.36. The molecular weight excluding hydrogens is 390 g/mol. The first-order chi connectivity index (χ1) is 15.1. The number of piperidine rings is 1. The monoisotopic (exact) mass is 417 g/mol. The van der Waals surface area contributed by atoms with Crippen LogP contribution in [0.25, 0.3) is 10.8 Å². The second kappa shape index (κ2) is 9.21. The molecule has 3 aromatic carbocycles. The number of nitrogens with zero attached hydrogens (tertiary/aromatic N) is 1. The average molecular weight is 418 g/mol. The zero-order valence-electron chi connectivity index (χ0n) is 18.0. The number of ether oxygens (including phenoxy) is 2. The Morgan fingerprint density at radius 1 is 0.935 bits per heavy atom. The largest absolute Gasteiger partial charge is 0.496 e. The van der Waals surface area contributed by atoms with Gasteiger partial charge in [0.15, 0.2) is 0 Å². The standard InChI is InChI=1S/C26H27NO4/c1-3-31-26(29)23-17-20-9-5-4-8-19(20)16-22(23)25(28)27-14-12-18(13-15-27)21-10-6-7-11-24(21)30-2/h4-11,16-18H,3,12-15H2,1-2H3. The highest BCUT2D eigenvalue weighted by Gasteiger charge is 2.29. The van der Waals surface area contributed by atoms with Crippen LogP contribution in [0.15, 0.2) is 60.7 Å². The Bertz CT molecular complexity index is 1100. The molecule has 0 aromatic heterocycles. The van der Waals surface area contributed by atoms with Gasteiger partial charge in [-0.05, 0) is 60.2 Å². The van der Waals surface area contributed by atoms with Gasteiger partial charge in [-0.1, -0.05) is 42.5 Å². The van der Waals surface area contributed by atoms with Gasteiger partial charge < -0.3 is 14.4 Å². The van der Waals surface area contributed by atoms with Crippen LogP contribution in [0.2, 0.25) is 0 Å². The third-order valence-corrected chi connectivity index (χ3v) is 5.97. The fraction of sp³-hybridized carbons (Fsp3) is 0.308. The number of benzene rings is 3. The smallest absolute Gasteiger partial charge is 0.338 e. The average Bonchev–Trinajstić information content (AvgIpc) is 2.83. The first-order valence-electron chi connectivity index (χ1n) is 10.7. The van der Waals surface area contributed by atoms with Crippen molar-refractivity contribution in [1.82, 2.24) is 4.90 Å². The van der Waals surface area contributed by atoms with Crippen LogP contribution in [0.4, 0.5) is 0 Å². The number of likely N-dealkylation sites (tertiary alicyclic amines) is 1. The van der Waals surface area contributed by atoms with Gasteiger partial charge in [-0.25, -0.2) is 4.79 Å². The third-order valence-electron chi connectivity index (χ3n) is 5.97. The van der Waals surface area contributed by atoms with E-state index in [4.69, 9.17) is 9.47 Å². The van der Waals surface area contributed by atoms with Crippen LogP contribution in [0.1, 0.15) is 52.0 Å². The third kappa shape index (κ3) is 4.26. The molecule has 31 heavy (non-hydrogen) atoms. The summed E-state index contributed by atoms with van der Waals surface area (Å²) in [5, 5.41) is 1.85. The minimum absolute atomic E-state index is 0.118. The number of esters is 1. The van der Waals surface area contributed by atoms with E-state index >= 15 is 0 Å². The Morgan fingerprint density at radius 2 is 1.55 bits per heavy atom. The predicted octanol–water partition coefficient (Wildman–Crippen LogP) is 5.04. The molecule has 0 unspecified atom stereocenters. The van der Waals surface area contributed by atoms with E-state index in [1.165, 1.54) is 5.56 Å². The van der Waals surface area contributed by atoms with Crippen LogP contribution in [0, 0.1) is 0 Å². The molecule has 160 valence electrons.